The van der Waals surface area contributed by atoms with E-state index in [1.54, 1.807) is 6.92 Å². The number of carbonyl (C=O) groups is 1. The molecule has 21 heavy (non-hydrogen) atoms. The lowest BCUT2D eigenvalue weighted by molar-refractivity contribution is -0.138. The molecule has 0 bridgehead atoms. The number of carboxylic acid groups (broad SMARTS) is 1. The third-order valence-electron chi connectivity index (χ3n) is 4.11. The molecule has 2 unspecified atom stereocenters. The Hall–Kier alpha value is -1.71. The van der Waals surface area contributed by atoms with E-state index in [-0.39, 0.29) is 11.5 Å². The number of aliphatic carboxylic acids is 1. The van der Waals surface area contributed by atoms with Crippen LogP contribution in [0.15, 0.2) is 18.2 Å². The molecule has 0 saturated carbocycles. The number of hydrogen-bond acceptors (Lipinski definition) is 3. The summed E-state index contributed by atoms with van der Waals surface area (Å²) in [6, 6.07) is 5.55. The lowest BCUT2D eigenvalue weighted by Gasteiger charge is -2.39. The topological polar surface area (TPSA) is 49.8 Å². The summed E-state index contributed by atoms with van der Waals surface area (Å²) in [5, 5.41) is 9.37. The molecule has 1 aliphatic heterocycles. The van der Waals surface area contributed by atoms with E-state index in [1.165, 1.54) is 5.56 Å². The summed E-state index contributed by atoms with van der Waals surface area (Å²) in [5.41, 5.74) is 2.10. The summed E-state index contributed by atoms with van der Waals surface area (Å²) in [4.78, 5) is 13.4. The molecule has 0 amide bonds. The zero-order valence-corrected chi connectivity index (χ0v) is 13.5. The van der Waals surface area contributed by atoms with Crippen LogP contribution in [0.3, 0.4) is 0 Å². The van der Waals surface area contributed by atoms with E-state index >= 15 is 0 Å². The van der Waals surface area contributed by atoms with Gasteiger partial charge in [-0.05, 0) is 36.5 Å². The molecule has 0 aliphatic carbocycles. The first-order valence-corrected chi connectivity index (χ1v) is 7.54. The van der Waals surface area contributed by atoms with E-state index in [4.69, 9.17) is 4.74 Å². The maximum absolute atomic E-state index is 11.4. The van der Waals surface area contributed by atoms with Gasteiger partial charge in [0.25, 0.3) is 0 Å². The van der Waals surface area contributed by atoms with Gasteiger partial charge in [-0.15, -0.1) is 0 Å². The van der Waals surface area contributed by atoms with Crippen molar-refractivity contribution in [1.82, 2.24) is 0 Å². The molecule has 1 heterocycles. The summed E-state index contributed by atoms with van der Waals surface area (Å²) >= 11 is 0. The van der Waals surface area contributed by atoms with Gasteiger partial charge in [0.2, 0.25) is 0 Å². The highest BCUT2D eigenvalue weighted by molar-refractivity contribution is 5.79. The smallest absolute Gasteiger partial charge is 0.326 e. The molecule has 0 fully saturated rings. The van der Waals surface area contributed by atoms with Gasteiger partial charge in [0.05, 0.1) is 12.2 Å². The quantitative estimate of drug-likeness (QED) is 0.927. The van der Waals surface area contributed by atoms with Crippen molar-refractivity contribution in [3.05, 3.63) is 23.8 Å². The minimum atomic E-state index is -0.807. The minimum Gasteiger partial charge on any atom is -0.486 e. The molecule has 1 N–H and O–H groups in total. The molecule has 116 valence electrons. The fourth-order valence-electron chi connectivity index (χ4n) is 2.56. The third kappa shape index (κ3) is 3.14. The van der Waals surface area contributed by atoms with E-state index in [1.807, 2.05) is 11.0 Å². The first-order chi connectivity index (χ1) is 9.74. The summed E-state index contributed by atoms with van der Waals surface area (Å²) in [6.45, 7) is 10.9. The van der Waals surface area contributed by atoms with Crippen molar-refractivity contribution < 1.29 is 14.6 Å². The Labute approximate surface area is 126 Å². The molecular weight excluding hydrogens is 266 g/mol. The molecule has 2 atom stereocenters. The number of rotatable bonds is 3. The zero-order chi connectivity index (χ0) is 15.8. The standard InChI is InChI=1S/C17H25NO3/c1-6-13-10-18(11(2)16(19)20)14-9-12(17(3,4)5)7-8-15(14)21-13/h7-9,11,13H,6,10H2,1-5H3,(H,19,20). The van der Waals surface area contributed by atoms with Crippen molar-refractivity contribution >= 4 is 11.7 Å². The van der Waals surface area contributed by atoms with Gasteiger partial charge in [-0.1, -0.05) is 33.8 Å². The van der Waals surface area contributed by atoms with E-state index in [0.717, 1.165) is 17.9 Å². The molecule has 4 heteroatoms. The van der Waals surface area contributed by atoms with Crippen LogP contribution in [0.2, 0.25) is 0 Å². The van der Waals surface area contributed by atoms with Crippen LogP contribution in [0.25, 0.3) is 0 Å². The highest BCUT2D eigenvalue weighted by Crippen LogP contribution is 2.38. The van der Waals surface area contributed by atoms with Gasteiger partial charge in [0.15, 0.2) is 0 Å². The summed E-state index contributed by atoms with van der Waals surface area (Å²) < 4.78 is 5.97. The maximum atomic E-state index is 11.4. The van der Waals surface area contributed by atoms with Gasteiger partial charge in [0, 0.05) is 0 Å². The SMILES string of the molecule is CCC1CN(C(C)C(=O)O)c2cc(C(C)(C)C)ccc2O1. The average Bonchev–Trinajstić information content (AvgIpc) is 2.43. The lowest BCUT2D eigenvalue weighted by Crippen LogP contribution is -2.47. The van der Waals surface area contributed by atoms with E-state index < -0.39 is 12.0 Å². The van der Waals surface area contributed by atoms with Crippen molar-refractivity contribution in [3.63, 3.8) is 0 Å². The van der Waals surface area contributed by atoms with Gasteiger partial charge in [-0.3, -0.25) is 0 Å². The van der Waals surface area contributed by atoms with Crippen LogP contribution in [0.5, 0.6) is 5.75 Å². The van der Waals surface area contributed by atoms with E-state index in [0.29, 0.717) is 6.54 Å². The van der Waals surface area contributed by atoms with E-state index in [2.05, 4.69) is 39.8 Å². The number of ether oxygens (including phenoxy) is 1. The number of carboxylic acids is 1. The second kappa shape index (κ2) is 5.58. The summed E-state index contributed by atoms with van der Waals surface area (Å²) in [7, 11) is 0. The Morgan fingerprint density at radius 1 is 1.48 bits per heavy atom. The van der Waals surface area contributed by atoms with Gasteiger partial charge in [-0.2, -0.15) is 0 Å². The highest BCUT2D eigenvalue weighted by Gasteiger charge is 2.32. The summed E-state index contributed by atoms with van der Waals surface area (Å²) in [5.74, 6) is -0.0203. The zero-order valence-electron chi connectivity index (χ0n) is 13.5. The molecule has 1 aromatic carbocycles. The predicted octanol–water partition coefficient (Wildman–Crippen LogP) is 3.43. The van der Waals surface area contributed by atoms with E-state index in [9.17, 15) is 9.90 Å². The largest absolute Gasteiger partial charge is 0.486 e. The van der Waals surface area contributed by atoms with Crippen LogP contribution in [0.4, 0.5) is 5.69 Å². The van der Waals surface area contributed by atoms with Crippen LogP contribution >= 0.6 is 0 Å². The Kier molecular flexibility index (Phi) is 4.17. The van der Waals surface area contributed by atoms with Crippen LogP contribution in [0, 0.1) is 0 Å². The number of fused-ring (bicyclic) bond motifs is 1. The van der Waals surface area contributed by atoms with Crippen molar-refractivity contribution in [2.24, 2.45) is 0 Å². The van der Waals surface area contributed by atoms with Gasteiger partial charge < -0.3 is 14.7 Å². The van der Waals surface area contributed by atoms with Crippen molar-refractivity contribution in [1.29, 1.82) is 0 Å². The van der Waals surface area contributed by atoms with Gasteiger partial charge in [-0.25, -0.2) is 4.79 Å². The normalized spacial score (nSPS) is 19.7. The molecule has 1 aliphatic rings. The number of anilines is 1. The lowest BCUT2D eigenvalue weighted by atomic mass is 9.86. The highest BCUT2D eigenvalue weighted by atomic mass is 16.5. The number of nitrogens with zero attached hydrogens (tertiary/aromatic N) is 1. The Morgan fingerprint density at radius 3 is 2.67 bits per heavy atom. The molecule has 0 aromatic heterocycles. The molecule has 2 rings (SSSR count). The second-order valence-corrected chi connectivity index (χ2v) is 6.75. The first-order valence-electron chi connectivity index (χ1n) is 7.54. The van der Waals surface area contributed by atoms with Crippen molar-refractivity contribution in [3.8, 4) is 5.75 Å². The van der Waals surface area contributed by atoms with Crippen molar-refractivity contribution in [2.45, 2.75) is 58.6 Å². The van der Waals surface area contributed by atoms with Crippen LogP contribution in [0.1, 0.15) is 46.6 Å². The Morgan fingerprint density at radius 2 is 2.14 bits per heavy atom. The van der Waals surface area contributed by atoms with Crippen molar-refractivity contribution in [2.75, 3.05) is 11.4 Å². The third-order valence-corrected chi connectivity index (χ3v) is 4.11. The number of hydrogen-bond donors (Lipinski definition) is 1. The number of benzene rings is 1. The molecular formula is C17H25NO3. The first kappa shape index (κ1) is 15.7. The van der Waals surface area contributed by atoms with Crippen LogP contribution in [-0.2, 0) is 10.2 Å². The molecule has 0 radical (unpaired) electrons. The molecule has 1 aromatic rings. The Balaban J connectivity index is 2.47. The van der Waals surface area contributed by atoms with Gasteiger partial charge >= 0.3 is 5.97 Å². The molecule has 4 nitrogen and oxygen atoms in total. The molecule has 0 saturated heterocycles. The fraction of sp³-hybridized carbons (Fsp3) is 0.588. The predicted molar refractivity (Wildman–Crippen MR) is 84.3 cm³/mol. The molecule has 0 spiro atoms. The minimum absolute atomic E-state index is 0.0226. The summed E-state index contributed by atoms with van der Waals surface area (Å²) in [6.07, 6.45) is 0.906. The second-order valence-electron chi connectivity index (χ2n) is 6.75. The Bertz CT molecular complexity index is 533. The van der Waals surface area contributed by atoms with Gasteiger partial charge in [0.1, 0.15) is 17.9 Å². The monoisotopic (exact) mass is 291 g/mol. The van der Waals surface area contributed by atoms with Crippen LogP contribution < -0.4 is 9.64 Å². The average molecular weight is 291 g/mol. The fourth-order valence-corrected chi connectivity index (χ4v) is 2.56. The maximum Gasteiger partial charge on any atom is 0.326 e. The van der Waals surface area contributed by atoms with Crippen LogP contribution in [-0.4, -0.2) is 29.8 Å².